The highest BCUT2D eigenvalue weighted by Gasteiger charge is 2.37. The molecule has 1 saturated carbocycles. The van der Waals surface area contributed by atoms with Crippen molar-refractivity contribution in [2.75, 3.05) is 21.1 Å². The lowest BCUT2D eigenvalue weighted by Gasteiger charge is -2.44. The Morgan fingerprint density at radius 1 is 1.00 bits per heavy atom. The van der Waals surface area contributed by atoms with Gasteiger partial charge in [-0.15, -0.1) is 0 Å². The number of hydrogen-bond acceptors (Lipinski definition) is 0. The number of allylic oxidation sites excluding steroid dienone is 1. The third-order valence-electron chi connectivity index (χ3n) is 4.47. The molecule has 1 heteroatoms. The van der Waals surface area contributed by atoms with Gasteiger partial charge in [-0.1, -0.05) is 33.8 Å². The SMILES string of the molecule is CC(/C=C/C1CC(C)(C)CC(C)(C)C1)[N+](C)(C)C. The Balaban J connectivity index is 2.70. The lowest BCUT2D eigenvalue weighted by Crippen LogP contribution is -2.42. The summed E-state index contributed by atoms with van der Waals surface area (Å²) in [7, 11) is 6.80. The second-order valence-electron chi connectivity index (χ2n) is 8.92. The highest BCUT2D eigenvalue weighted by molar-refractivity contribution is 5.00. The Kier molecular flexibility index (Phi) is 4.37. The summed E-state index contributed by atoms with van der Waals surface area (Å²) in [5, 5.41) is 0. The summed E-state index contributed by atoms with van der Waals surface area (Å²) in [6.07, 6.45) is 8.97. The molecule has 0 aromatic heterocycles. The maximum absolute atomic E-state index is 2.50. The van der Waals surface area contributed by atoms with E-state index in [1.165, 1.54) is 19.3 Å². The number of rotatable bonds is 3. The van der Waals surface area contributed by atoms with Crippen LogP contribution < -0.4 is 0 Å². The highest BCUT2D eigenvalue weighted by Crippen LogP contribution is 2.48. The molecule has 1 nitrogen and oxygen atoms in total. The summed E-state index contributed by atoms with van der Waals surface area (Å²) in [4.78, 5) is 0. The molecule has 0 aliphatic heterocycles. The van der Waals surface area contributed by atoms with E-state index in [0.717, 1.165) is 10.4 Å². The van der Waals surface area contributed by atoms with Gasteiger partial charge in [0.15, 0.2) is 0 Å². The molecule has 1 fully saturated rings. The van der Waals surface area contributed by atoms with Gasteiger partial charge in [0.2, 0.25) is 0 Å². The van der Waals surface area contributed by atoms with Crippen LogP contribution in [0, 0.1) is 16.7 Å². The Morgan fingerprint density at radius 3 is 1.83 bits per heavy atom. The first-order valence-electron chi connectivity index (χ1n) is 7.41. The van der Waals surface area contributed by atoms with Crippen molar-refractivity contribution >= 4 is 0 Å². The smallest absolute Gasteiger partial charge is 0.104 e. The van der Waals surface area contributed by atoms with Crippen LogP contribution >= 0.6 is 0 Å². The van der Waals surface area contributed by atoms with Gasteiger partial charge in [-0.2, -0.15) is 0 Å². The van der Waals surface area contributed by atoms with Crippen LogP contribution in [0.25, 0.3) is 0 Å². The average molecular weight is 252 g/mol. The summed E-state index contributed by atoms with van der Waals surface area (Å²) < 4.78 is 1.01. The van der Waals surface area contributed by atoms with Crippen molar-refractivity contribution in [3.05, 3.63) is 12.2 Å². The van der Waals surface area contributed by atoms with E-state index in [4.69, 9.17) is 0 Å². The molecule has 106 valence electrons. The summed E-state index contributed by atoms with van der Waals surface area (Å²) in [5.74, 6) is 0.762. The Labute approximate surface area is 115 Å². The van der Waals surface area contributed by atoms with Gasteiger partial charge in [-0.25, -0.2) is 0 Å². The number of likely N-dealkylation sites (N-methyl/N-ethyl adjacent to an activating group) is 1. The van der Waals surface area contributed by atoms with Gasteiger partial charge < -0.3 is 4.48 Å². The fourth-order valence-corrected chi connectivity index (χ4v) is 3.64. The van der Waals surface area contributed by atoms with Gasteiger partial charge in [0, 0.05) is 0 Å². The van der Waals surface area contributed by atoms with Crippen LogP contribution in [0.3, 0.4) is 0 Å². The minimum atomic E-state index is 0.497. The number of nitrogens with zero attached hydrogens (tertiary/aromatic N) is 1. The van der Waals surface area contributed by atoms with Gasteiger partial charge in [-0.3, -0.25) is 0 Å². The lowest BCUT2D eigenvalue weighted by atomic mass is 9.61. The van der Waals surface area contributed by atoms with E-state index in [-0.39, 0.29) is 0 Å². The van der Waals surface area contributed by atoms with E-state index in [0.29, 0.717) is 16.9 Å². The number of hydrogen-bond donors (Lipinski definition) is 0. The maximum Gasteiger partial charge on any atom is 0.104 e. The van der Waals surface area contributed by atoms with E-state index >= 15 is 0 Å². The molecule has 0 amide bonds. The van der Waals surface area contributed by atoms with Crippen LogP contribution in [0.4, 0.5) is 0 Å². The van der Waals surface area contributed by atoms with E-state index in [1.54, 1.807) is 0 Å². The number of quaternary nitrogens is 1. The summed E-state index contributed by atoms with van der Waals surface area (Å²) in [5.41, 5.74) is 0.993. The van der Waals surface area contributed by atoms with Crippen molar-refractivity contribution in [3.8, 4) is 0 Å². The lowest BCUT2D eigenvalue weighted by molar-refractivity contribution is -0.887. The van der Waals surface area contributed by atoms with Crippen LogP contribution in [-0.4, -0.2) is 31.7 Å². The molecule has 0 spiro atoms. The topological polar surface area (TPSA) is 0 Å². The molecule has 0 radical (unpaired) electrons. The second kappa shape index (κ2) is 5.00. The molecule has 0 aromatic rings. The summed E-state index contributed by atoms with van der Waals surface area (Å²) in [6, 6.07) is 0.596. The molecular weight excluding hydrogens is 218 g/mol. The minimum absolute atomic E-state index is 0.497. The zero-order valence-corrected chi connectivity index (χ0v) is 13.9. The predicted octanol–water partition coefficient (Wildman–Crippen LogP) is 4.49. The van der Waals surface area contributed by atoms with Gasteiger partial charge in [0.1, 0.15) is 6.04 Å². The molecule has 0 aromatic carbocycles. The van der Waals surface area contributed by atoms with E-state index in [9.17, 15) is 0 Å². The maximum atomic E-state index is 2.50. The average Bonchev–Trinajstić information content (AvgIpc) is 2.07. The molecule has 1 rings (SSSR count). The van der Waals surface area contributed by atoms with Gasteiger partial charge in [-0.05, 0) is 49.0 Å². The zero-order valence-electron chi connectivity index (χ0n) is 13.9. The second-order valence-corrected chi connectivity index (χ2v) is 8.92. The van der Waals surface area contributed by atoms with E-state index in [1.807, 2.05) is 0 Å². The fourth-order valence-electron chi connectivity index (χ4n) is 3.64. The Hall–Kier alpha value is -0.300. The van der Waals surface area contributed by atoms with Gasteiger partial charge in [0.05, 0.1) is 21.1 Å². The molecule has 0 heterocycles. The fraction of sp³-hybridized carbons (Fsp3) is 0.882. The molecule has 1 aliphatic carbocycles. The minimum Gasteiger partial charge on any atom is -0.325 e. The quantitative estimate of drug-likeness (QED) is 0.513. The molecule has 1 atom stereocenters. The van der Waals surface area contributed by atoms with Crippen LogP contribution in [0.15, 0.2) is 12.2 Å². The molecule has 0 bridgehead atoms. The van der Waals surface area contributed by atoms with Crippen molar-refractivity contribution in [1.82, 2.24) is 0 Å². The largest absolute Gasteiger partial charge is 0.325 e. The first kappa shape index (κ1) is 15.8. The van der Waals surface area contributed by atoms with E-state index < -0.39 is 0 Å². The molecule has 0 N–H and O–H groups in total. The van der Waals surface area contributed by atoms with Crippen molar-refractivity contribution in [2.24, 2.45) is 16.7 Å². The van der Waals surface area contributed by atoms with Gasteiger partial charge >= 0.3 is 0 Å². The summed E-state index contributed by atoms with van der Waals surface area (Å²) >= 11 is 0. The Morgan fingerprint density at radius 2 is 1.44 bits per heavy atom. The van der Waals surface area contributed by atoms with Crippen molar-refractivity contribution in [1.29, 1.82) is 0 Å². The van der Waals surface area contributed by atoms with Crippen molar-refractivity contribution in [2.45, 2.75) is 59.9 Å². The highest BCUT2D eigenvalue weighted by atomic mass is 15.3. The Bertz CT molecular complexity index is 288. The zero-order chi connectivity index (χ0) is 14.2. The third kappa shape index (κ3) is 4.76. The van der Waals surface area contributed by atoms with Crippen molar-refractivity contribution < 1.29 is 4.48 Å². The van der Waals surface area contributed by atoms with Gasteiger partial charge in [0.25, 0.3) is 0 Å². The molecule has 1 unspecified atom stereocenters. The first-order valence-corrected chi connectivity index (χ1v) is 7.41. The summed E-state index contributed by atoms with van der Waals surface area (Å²) in [6.45, 7) is 12.0. The molecule has 18 heavy (non-hydrogen) atoms. The molecule has 0 saturated heterocycles. The normalized spacial score (nSPS) is 26.4. The predicted molar refractivity (Wildman–Crippen MR) is 81.5 cm³/mol. The van der Waals surface area contributed by atoms with Crippen LogP contribution in [0.2, 0.25) is 0 Å². The van der Waals surface area contributed by atoms with E-state index in [2.05, 4.69) is 67.9 Å². The van der Waals surface area contributed by atoms with Crippen LogP contribution in [-0.2, 0) is 0 Å². The first-order chi connectivity index (χ1) is 7.91. The van der Waals surface area contributed by atoms with Crippen molar-refractivity contribution in [3.63, 3.8) is 0 Å². The van der Waals surface area contributed by atoms with Crippen LogP contribution in [0.1, 0.15) is 53.9 Å². The van der Waals surface area contributed by atoms with Crippen LogP contribution in [0.5, 0.6) is 0 Å². The standard InChI is InChI=1S/C17H34N/c1-14(18(6,7)8)9-10-15-11-16(2,3)13-17(4,5)12-15/h9-10,14-15H,11-13H2,1-8H3/q+1/b10-9+. The molecule has 1 aliphatic rings. The third-order valence-corrected chi connectivity index (χ3v) is 4.47. The molecular formula is C17H34N+. The monoisotopic (exact) mass is 252 g/mol.